The molecule has 1 nitrogen and oxygen atoms in total. The van der Waals surface area contributed by atoms with Crippen molar-refractivity contribution in [2.45, 2.75) is 25.8 Å². The SMILES string of the molecule is CCc1ccc(CC(N)c2ccc(F)cc2Br)s1. The van der Waals surface area contributed by atoms with Gasteiger partial charge in [-0.1, -0.05) is 28.9 Å². The van der Waals surface area contributed by atoms with Gasteiger partial charge in [0.05, 0.1) is 0 Å². The number of aryl methyl sites for hydroxylation is 1. The summed E-state index contributed by atoms with van der Waals surface area (Å²) in [5.74, 6) is -0.248. The average molecular weight is 328 g/mol. The minimum atomic E-state index is -0.248. The molecule has 4 heteroatoms. The Kier molecular flexibility index (Phi) is 4.54. The van der Waals surface area contributed by atoms with Crippen molar-refractivity contribution in [3.63, 3.8) is 0 Å². The lowest BCUT2D eigenvalue weighted by atomic mass is 10.0. The predicted octanol–water partition coefficient (Wildman–Crippen LogP) is 4.45. The first kappa shape index (κ1) is 13.7. The molecule has 18 heavy (non-hydrogen) atoms. The first-order valence-electron chi connectivity index (χ1n) is 5.88. The number of thiophene rings is 1. The molecule has 2 rings (SSSR count). The van der Waals surface area contributed by atoms with Crippen LogP contribution in [0.3, 0.4) is 0 Å². The number of nitrogens with two attached hydrogens (primary N) is 1. The van der Waals surface area contributed by atoms with Gasteiger partial charge < -0.3 is 5.73 Å². The summed E-state index contributed by atoms with van der Waals surface area (Å²) in [7, 11) is 0. The van der Waals surface area contributed by atoms with Crippen molar-refractivity contribution in [3.8, 4) is 0 Å². The Bertz CT molecular complexity index is 538. The molecule has 0 radical (unpaired) electrons. The summed E-state index contributed by atoms with van der Waals surface area (Å²) >= 11 is 5.16. The Morgan fingerprint density at radius 2 is 2.00 bits per heavy atom. The molecular weight excluding hydrogens is 313 g/mol. The van der Waals surface area contributed by atoms with Crippen LogP contribution in [0.4, 0.5) is 4.39 Å². The van der Waals surface area contributed by atoms with E-state index in [1.165, 1.54) is 21.9 Å². The lowest BCUT2D eigenvalue weighted by molar-refractivity contribution is 0.623. The maximum absolute atomic E-state index is 13.0. The van der Waals surface area contributed by atoms with E-state index in [1.54, 1.807) is 17.4 Å². The van der Waals surface area contributed by atoms with Crippen LogP contribution in [-0.2, 0) is 12.8 Å². The molecule has 0 fully saturated rings. The van der Waals surface area contributed by atoms with E-state index in [0.29, 0.717) is 0 Å². The van der Waals surface area contributed by atoms with Gasteiger partial charge in [0.25, 0.3) is 0 Å². The second-order valence-corrected chi connectivity index (χ2v) is 6.31. The smallest absolute Gasteiger partial charge is 0.124 e. The van der Waals surface area contributed by atoms with Gasteiger partial charge in [0.15, 0.2) is 0 Å². The highest BCUT2D eigenvalue weighted by molar-refractivity contribution is 9.10. The highest BCUT2D eigenvalue weighted by Gasteiger charge is 2.12. The minimum Gasteiger partial charge on any atom is -0.324 e. The third-order valence-electron chi connectivity index (χ3n) is 2.85. The normalized spacial score (nSPS) is 12.7. The molecule has 0 saturated heterocycles. The van der Waals surface area contributed by atoms with Crippen LogP contribution in [0.1, 0.15) is 28.3 Å². The first-order chi connectivity index (χ1) is 8.60. The number of hydrogen-bond acceptors (Lipinski definition) is 2. The van der Waals surface area contributed by atoms with Gasteiger partial charge in [-0.05, 0) is 36.2 Å². The van der Waals surface area contributed by atoms with Crippen LogP contribution in [0.5, 0.6) is 0 Å². The van der Waals surface area contributed by atoms with E-state index in [-0.39, 0.29) is 11.9 Å². The Hall–Kier alpha value is -0.710. The van der Waals surface area contributed by atoms with Crippen LogP contribution in [-0.4, -0.2) is 0 Å². The van der Waals surface area contributed by atoms with Gasteiger partial charge in [-0.25, -0.2) is 4.39 Å². The van der Waals surface area contributed by atoms with E-state index in [2.05, 4.69) is 35.0 Å². The maximum Gasteiger partial charge on any atom is 0.124 e. The Balaban J connectivity index is 2.13. The molecule has 0 aliphatic heterocycles. The number of halogens is 2. The van der Waals surface area contributed by atoms with Gasteiger partial charge >= 0.3 is 0 Å². The standard InChI is InChI=1S/C14H15BrFNS/c1-2-10-4-5-11(18-10)8-14(17)12-6-3-9(16)7-13(12)15/h3-7,14H,2,8,17H2,1H3. The average Bonchev–Trinajstić information content (AvgIpc) is 2.76. The molecule has 2 aromatic rings. The topological polar surface area (TPSA) is 26.0 Å². The Morgan fingerprint density at radius 1 is 1.28 bits per heavy atom. The van der Waals surface area contributed by atoms with Crippen molar-refractivity contribution in [2.24, 2.45) is 5.73 Å². The number of rotatable bonds is 4. The molecule has 1 atom stereocenters. The minimum absolute atomic E-state index is 0.108. The van der Waals surface area contributed by atoms with Crippen molar-refractivity contribution in [1.29, 1.82) is 0 Å². The predicted molar refractivity (Wildman–Crippen MR) is 78.4 cm³/mol. The van der Waals surface area contributed by atoms with Crippen molar-refractivity contribution < 1.29 is 4.39 Å². The Labute approximate surface area is 119 Å². The largest absolute Gasteiger partial charge is 0.324 e. The molecule has 0 bridgehead atoms. The summed E-state index contributed by atoms with van der Waals surface area (Å²) < 4.78 is 13.8. The third-order valence-corrected chi connectivity index (χ3v) is 4.79. The molecule has 0 aliphatic carbocycles. The van der Waals surface area contributed by atoms with E-state index in [9.17, 15) is 4.39 Å². The molecule has 0 aliphatic rings. The monoisotopic (exact) mass is 327 g/mol. The highest BCUT2D eigenvalue weighted by Crippen LogP contribution is 2.27. The fraction of sp³-hybridized carbons (Fsp3) is 0.286. The van der Waals surface area contributed by atoms with Crippen LogP contribution in [0, 0.1) is 5.82 Å². The lowest BCUT2D eigenvalue weighted by Crippen LogP contribution is -2.13. The second kappa shape index (κ2) is 5.95. The van der Waals surface area contributed by atoms with Crippen LogP contribution >= 0.6 is 27.3 Å². The van der Waals surface area contributed by atoms with Gasteiger partial charge in [0.2, 0.25) is 0 Å². The fourth-order valence-corrected chi connectivity index (χ4v) is 3.51. The molecule has 1 unspecified atom stereocenters. The van der Waals surface area contributed by atoms with Gasteiger partial charge in [0.1, 0.15) is 5.82 Å². The summed E-state index contributed by atoms with van der Waals surface area (Å²) in [5.41, 5.74) is 7.13. The first-order valence-corrected chi connectivity index (χ1v) is 7.49. The molecule has 96 valence electrons. The van der Waals surface area contributed by atoms with Gasteiger partial charge in [-0.15, -0.1) is 11.3 Å². The summed E-state index contributed by atoms with van der Waals surface area (Å²) in [6.45, 7) is 2.14. The molecule has 1 heterocycles. The third kappa shape index (κ3) is 3.19. The number of benzene rings is 1. The van der Waals surface area contributed by atoms with Crippen LogP contribution < -0.4 is 5.73 Å². The molecule has 0 amide bonds. The van der Waals surface area contributed by atoms with E-state index >= 15 is 0 Å². The quantitative estimate of drug-likeness (QED) is 0.881. The van der Waals surface area contributed by atoms with Crippen molar-refractivity contribution in [2.75, 3.05) is 0 Å². The zero-order chi connectivity index (χ0) is 13.1. The molecular formula is C14H15BrFNS. The number of hydrogen-bond donors (Lipinski definition) is 1. The summed E-state index contributed by atoms with van der Waals surface area (Å²) in [4.78, 5) is 2.64. The molecule has 1 aromatic heterocycles. The van der Waals surface area contributed by atoms with Crippen LogP contribution in [0.2, 0.25) is 0 Å². The second-order valence-electron chi connectivity index (χ2n) is 4.20. The maximum atomic E-state index is 13.0. The van der Waals surface area contributed by atoms with Crippen molar-refractivity contribution in [1.82, 2.24) is 0 Å². The lowest BCUT2D eigenvalue weighted by Gasteiger charge is -2.13. The fourth-order valence-electron chi connectivity index (χ4n) is 1.85. The van der Waals surface area contributed by atoms with Crippen LogP contribution in [0.25, 0.3) is 0 Å². The van der Waals surface area contributed by atoms with Crippen molar-refractivity contribution >= 4 is 27.3 Å². The van der Waals surface area contributed by atoms with E-state index in [1.807, 2.05) is 0 Å². The summed E-state index contributed by atoms with van der Waals surface area (Å²) in [5, 5.41) is 0. The van der Waals surface area contributed by atoms with Crippen LogP contribution in [0.15, 0.2) is 34.8 Å². The zero-order valence-electron chi connectivity index (χ0n) is 10.1. The van der Waals surface area contributed by atoms with E-state index in [4.69, 9.17) is 5.73 Å². The molecule has 1 aromatic carbocycles. The van der Waals surface area contributed by atoms with E-state index < -0.39 is 0 Å². The zero-order valence-corrected chi connectivity index (χ0v) is 12.5. The Morgan fingerprint density at radius 3 is 2.61 bits per heavy atom. The van der Waals surface area contributed by atoms with E-state index in [0.717, 1.165) is 22.9 Å². The van der Waals surface area contributed by atoms with Gasteiger partial charge in [-0.3, -0.25) is 0 Å². The van der Waals surface area contributed by atoms with Crippen molar-refractivity contribution in [3.05, 3.63) is 55.9 Å². The molecule has 2 N–H and O–H groups in total. The summed E-state index contributed by atoms with van der Waals surface area (Å²) in [6.07, 6.45) is 1.84. The van der Waals surface area contributed by atoms with Gasteiger partial charge in [-0.2, -0.15) is 0 Å². The highest BCUT2D eigenvalue weighted by atomic mass is 79.9. The molecule has 0 saturated carbocycles. The molecule has 0 spiro atoms. The summed E-state index contributed by atoms with van der Waals surface area (Å²) in [6, 6.07) is 8.82. The van der Waals surface area contributed by atoms with Gasteiger partial charge in [0, 0.05) is 26.7 Å².